The first kappa shape index (κ1) is 19.1. The maximum atomic E-state index is 12.2. The van der Waals surface area contributed by atoms with Crippen molar-refractivity contribution in [2.24, 2.45) is 5.73 Å². The van der Waals surface area contributed by atoms with Crippen molar-refractivity contribution in [1.29, 1.82) is 0 Å². The third-order valence-corrected chi connectivity index (χ3v) is 4.62. The number of carbonyl (C=O) groups excluding carboxylic acids is 2. The van der Waals surface area contributed by atoms with Gasteiger partial charge in [-0.3, -0.25) is 9.59 Å². The Balaban J connectivity index is 1.84. The minimum Gasteiger partial charge on any atom is -0.330 e. The Morgan fingerprint density at radius 2 is 1.56 bits per heavy atom. The number of unbranched alkanes of at least 4 members (excludes halogenated alkanes) is 3. The van der Waals surface area contributed by atoms with Gasteiger partial charge in [-0.15, -0.1) is 11.3 Å². The second-order valence-corrected chi connectivity index (χ2v) is 6.88. The Labute approximate surface area is 152 Å². The fraction of sp³-hybridized carbons (Fsp3) is 0.368. The van der Waals surface area contributed by atoms with Crippen molar-refractivity contribution in [2.45, 2.75) is 38.5 Å². The van der Waals surface area contributed by atoms with Crippen molar-refractivity contribution in [3.63, 3.8) is 0 Å². The Hall–Kier alpha value is -2.18. The van der Waals surface area contributed by atoms with E-state index in [2.05, 4.69) is 10.6 Å². The number of rotatable bonds is 10. The molecular formula is C19H25N3O2S. The number of carbonyl (C=O) groups is 2. The van der Waals surface area contributed by atoms with E-state index in [9.17, 15) is 9.59 Å². The summed E-state index contributed by atoms with van der Waals surface area (Å²) in [5, 5.41) is 7.72. The Bertz CT molecular complexity index is 671. The van der Waals surface area contributed by atoms with Crippen molar-refractivity contribution in [2.75, 3.05) is 17.2 Å². The lowest BCUT2D eigenvalue weighted by molar-refractivity contribution is -0.117. The van der Waals surface area contributed by atoms with E-state index in [1.807, 2.05) is 29.6 Å². The maximum absolute atomic E-state index is 12.2. The predicted molar refractivity (Wildman–Crippen MR) is 104 cm³/mol. The van der Waals surface area contributed by atoms with Crippen LogP contribution in [-0.2, 0) is 16.0 Å². The highest BCUT2D eigenvalue weighted by molar-refractivity contribution is 7.10. The average molecular weight is 359 g/mol. The Morgan fingerprint density at radius 3 is 2.20 bits per heavy atom. The normalized spacial score (nSPS) is 10.4. The van der Waals surface area contributed by atoms with Crippen molar-refractivity contribution < 1.29 is 9.59 Å². The first-order chi connectivity index (χ1) is 12.2. The van der Waals surface area contributed by atoms with E-state index in [4.69, 9.17) is 5.73 Å². The molecule has 0 saturated carbocycles. The van der Waals surface area contributed by atoms with Gasteiger partial charge in [-0.05, 0) is 43.0 Å². The number of nitrogens with one attached hydrogen (secondary N) is 2. The Morgan fingerprint density at radius 1 is 0.880 bits per heavy atom. The van der Waals surface area contributed by atoms with Crippen LogP contribution in [0.25, 0.3) is 0 Å². The molecular weight excluding hydrogens is 334 g/mol. The third kappa shape index (κ3) is 7.07. The average Bonchev–Trinajstić information content (AvgIpc) is 3.09. The number of hydrogen-bond donors (Lipinski definition) is 3. The lowest BCUT2D eigenvalue weighted by Crippen LogP contribution is -2.17. The molecule has 0 spiro atoms. The number of hydrogen-bond acceptors (Lipinski definition) is 4. The molecule has 1 heterocycles. The Kier molecular flexibility index (Phi) is 8.15. The van der Waals surface area contributed by atoms with Gasteiger partial charge in [-0.1, -0.05) is 31.0 Å². The van der Waals surface area contributed by atoms with Crippen LogP contribution in [0.3, 0.4) is 0 Å². The summed E-state index contributed by atoms with van der Waals surface area (Å²) in [6.45, 7) is 0.699. The minimum atomic E-state index is -0.0917. The molecule has 2 amide bonds. The van der Waals surface area contributed by atoms with Crippen LogP contribution in [0.15, 0.2) is 41.8 Å². The lowest BCUT2D eigenvalue weighted by atomic mass is 10.1. The molecule has 5 nitrogen and oxygen atoms in total. The van der Waals surface area contributed by atoms with E-state index >= 15 is 0 Å². The van der Waals surface area contributed by atoms with Crippen LogP contribution >= 0.6 is 11.3 Å². The molecule has 0 saturated heterocycles. The highest BCUT2D eigenvalue weighted by Crippen LogP contribution is 2.22. The highest BCUT2D eigenvalue weighted by Gasteiger charge is 2.10. The molecule has 0 atom stereocenters. The van der Waals surface area contributed by atoms with Crippen LogP contribution < -0.4 is 16.4 Å². The minimum absolute atomic E-state index is 0.0345. The van der Waals surface area contributed by atoms with Crippen molar-refractivity contribution in [3.8, 4) is 0 Å². The summed E-state index contributed by atoms with van der Waals surface area (Å²) in [4.78, 5) is 25.3. The number of anilines is 2. The molecule has 1 aromatic carbocycles. The molecule has 0 aliphatic heterocycles. The van der Waals surface area contributed by atoms with Gasteiger partial charge in [0, 0.05) is 11.3 Å². The van der Waals surface area contributed by atoms with E-state index in [1.54, 1.807) is 23.5 Å². The third-order valence-electron chi connectivity index (χ3n) is 3.75. The molecule has 2 rings (SSSR count). The van der Waals surface area contributed by atoms with Gasteiger partial charge in [-0.25, -0.2) is 0 Å². The van der Waals surface area contributed by atoms with Crippen LogP contribution in [-0.4, -0.2) is 18.4 Å². The summed E-state index contributed by atoms with van der Waals surface area (Å²) >= 11 is 1.55. The van der Waals surface area contributed by atoms with Gasteiger partial charge in [0.15, 0.2) is 0 Å². The zero-order valence-corrected chi connectivity index (χ0v) is 15.1. The first-order valence-electron chi connectivity index (χ1n) is 8.60. The topological polar surface area (TPSA) is 84.2 Å². The van der Waals surface area contributed by atoms with Gasteiger partial charge in [0.25, 0.3) is 0 Å². The van der Waals surface area contributed by atoms with E-state index in [-0.39, 0.29) is 11.8 Å². The highest BCUT2D eigenvalue weighted by atomic mass is 32.1. The van der Waals surface area contributed by atoms with Gasteiger partial charge in [0.1, 0.15) is 0 Å². The zero-order chi connectivity index (χ0) is 17.9. The molecule has 134 valence electrons. The number of benzene rings is 1. The molecule has 0 aliphatic rings. The molecule has 0 bridgehead atoms. The van der Waals surface area contributed by atoms with Crippen LogP contribution in [0, 0.1) is 0 Å². The zero-order valence-electron chi connectivity index (χ0n) is 14.3. The van der Waals surface area contributed by atoms with Crippen molar-refractivity contribution in [1.82, 2.24) is 0 Å². The maximum Gasteiger partial charge on any atom is 0.229 e. The fourth-order valence-corrected chi connectivity index (χ4v) is 3.17. The standard InChI is InChI=1S/C19H25N3O2S/c20-12-6-2-1-3-11-18(23)21-16-9-4-5-10-17(16)22-19(24)14-15-8-7-13-25-15/h4-5,7-10,13H,1-3,6,11-12,14,20H2,(H,21,23)(H,22,24). The van der Waals surface area contributed by atoms with Crippen LogP contribution in [0.4, 0.5) is 11.4 Å². The summed E-state index contributed by atoms with van der Waals surface area (Å²) in [6.07, 6.45) is 4.71. The van der Waals surface area contributed by atoms with Crippen molar-refractivity contribution in [3.05, 3.63) is 46.7 Å². The molecule has 6 heteroatoms. The first-order valence-corrected chi connectivity index (χ1v) is 9.48. The molecule has 25 heavy (non-hydrogen) atoms. The number of amides is 2. The van der Waals surface area contributed by atoms with Gasteiger partial charge >= 0.3 is 0 Å². The molecule has 0 aliphatic carbocycles. The van der Waals surface area contributed by atoms with E-state index in [0.717, 1.165) is 30.6 Å². The second kappa shape index (κ2) is 10.6. The van der Waals surface area contributed by atoms with Crippen LogP contribution in [0.5, 0.6) is 0 Å². The fourth-order valence-electron chi connectivity index (χ4n) is 2.46. The van der Waals surface area contributed by atoms with Gasteiger partial charge in [0.2, 0.25) is 11.8 Å². The SMILES string of the molecule is NCCCCCCC(=O)Nc1ccccc1NC(=O)Cc1cccs1. The predicted octanol–water partition coefficient (Wildman–Crippen LogP) is 3.78. The lowest BCUT2D eigenvalue weighted by Gasteiger charge is -2.12. The molecule has 0 fully saturated rings. The summed E-state index contributed by atoms with van der Waals surface area (Å²) in [5.41, 5.74) is 6.72. The summed E-state index contributed by atoms with van der Waals surface area (Å²) < 4.78 is 0. The molecule has 2 aromatic rings. The molecule has 4 N–H and O–H groups in total. The smallest absolute Gasteiger partial charge is 0.229 e. The summed E-state index contributed by atoms with van der Waals surface area (Å²) in [7, 11) is 0. The van der Waals surface area contributed by atoms with Crippen LogP contribution in [0.2, 0.25) is 0 Å². The van der Waals surface area contributed by atoms with Crippen LogP contribution in [0.1, 0.15) is 37.0 Å². The summed E-state index contributed by atoms with van der Waals surface area (Å²) in [6, 6.07) is 11.1. The van der Waals surface area contributed by atoms with E-state index in [1.165, 1.54) is 0 Å². The number of para-hydroxylation sites is 2. The van der Waals surface area contributed by atoms with Gasteiger partial charge in [-0.2, -0.15) is 0 Å². The largest absolute Gasteiger partial charge is 0.330 e. The summed E-state index contributed by atoms with van der Waals surface area (Å²) in [5.74, 6) is -0.126. The van der Waals surface area contributed by atoms with Gasteiger partial charge < -0.3 is 16.4 Å². The number of thiophene rings is 1. The monoisotopic (exact) mass is 359 g/mol. The molecule has 1 aromatic heterocycles. The van der Waals surface area contributed by atoms with E-state index < -0.39 is 0 Å². The number of nitrogens with two attached hydrogens (primary N) is 1. The second-order valence-electron chi connectivity index (χ2n) is 5.85. The quantitative estimate of drug-likeness (QED) is 0.565. The van der Waals surface area contributed by atoms with Gasteiger partial charge in [0.05, 0.1) is 17.8 Å². The molecule has 0 radical (unpaired) electrons. The molecule has 0 unspecified atom stereocenters. The van der Waals surface area contributed by atoms with Crippen molar-refractivity contribution >= 4 is 34.5 Å². The van der Waals surface area contributed by atoms with E-state index in [0.29, 0.717) is 30.8 Å².